The van der Waals surface area contributed by atoms with Crippen LogP contribution in [0.25, 0.3) is 9.88 Å². The lowest BCUT2D eigenvalue weighted by molar-refractivity contribution is -0.145. The smallest absolute Gasteiger partial charge is 0.328 e. The summed E-state index contributed by atoms with van der Waals surface area (Å²) in [4.78, 5) is 32.8. The Morgan fingerprint density at radius 3 is 2.88 bits per heavy atom. The van der Waals surface area contributed by atoms with E-state index in [2.05, 4.69) is 4.98 Å². The third-order valence-electron chi connectivity index (χ3n) is 5.25. The van der Waals surface area contributed by atoms with Crippen molar-refractivity contribution >= 4 is 34.6 Å². The highest BCUT2D eigenvalue weighted by molar-refractivity contribution is 7.20. The first-order valence-corrected chi connectivity index (χ1v) is 10.3. The molecule has 0 radical (unpaired) electrons. The Hall–Kier alpha value is -1.73. The van der Waals surface area contributed by atoms with E-state index in [0.717, 1.165) is 29.1 Å². The van der Waals surface area contributed by atoms with E-state index in [1.165, 1.54) is 24.9 Å². The highest BCUT2D eigenvalue weighted by atomic mass is 32.1. The largest absolute Gasteiger partial charge is 0.467 e. The van der Waals surface area contributed by atoms with Crippen molar-refractivity contribution in [3.05, 3.63) is 28.6 Å². The van der Waals surface area contributed by atoms with Crippen molar-refractivity contribution in [1.29, 1.82) is 0 Å². The van der Waals surface area contributed by atoms with E-state index in [1.807, 2.05) is 22.9 Å². The second-order valence-corrected chi connectivity index (χ2v) is 8.42. The Morgan fingerprint density at radius 2 is 2.12 bits per heavy atom. The van der Waals surface area contributed by atoms with Gasteiger partial charge in [0.1, 0.15) is 16.7 Å². The first kappa shape index (κ1) is 16.7. The summed E-state index contributed by atoms with van der Waals surface area (Å²) in [6.07, 6.45) is 5.04. The first-order valence-electron chi connectivity index (χ1n) is 8.59. The fourth-order valence-corrected chi connectivity index (χ4v) is 5.72. The lowest BCUT2D eigenvalue weighted by Crippen LogP contribution is -2.46. The number of carbonyl (C=O) groups is 2. The summed E-state index contributed by atoms with van der Waals surface area (Å²) in [5, 5.41) is 4.66. The number of amides is 1. The van der Waals surface area contributed by atoms with Crippen LogP contribution < -0.4 is 0 Å². The molecule has 1 saturated heterocycles. The number of hydrogen-bond donors (Lipinski definition) is 0. The third-order valence-corrected chi connectivity index (χ3v) is 7.13. The number of esters is 1. The van der Waals surface area contributed by atoms with Crippen LogP contribution in [0.1, 0.15) is 42.6 Å². The average molecular weight is 377 g/mol. The summed E-state index contributed by atoms with van der Waals surface area (Å²) in [6.45, 7) is 0. The second kappa shape index (κ2) is 6.88. The van der Waals surface area contributed by atoms with Crippen molar-refractivity contribution in [3.63, 3.8) is 0 Å². The molecule has 3 heterocycles. The monoisotopic (exact) mass is 376 g/mol. The van der Waals surface area contributed by atoms with Crippen molar-refractivity contribution < 1.29 is 14.3 Å². The molecule has 7 heteroatoms. The summed E-state index contributed by atoms with van der Waals surface area (Å²) >= 11 is 3.08. The Kier molecular flexibility index (Phi) is 4.60. The predicted molar refractivity (Wildman–Crippen MR) is 97.8 cm³/mol. The van der Waals surface area contributed by atoms with Gasteiger partial charge in [0.2, 0.25) is 0 Å². The number of nitrogens with zero attached hydrogens (tertiary/aromatic N) is 2. The van der Waals surface area contributed by atoms with E-state index >= 15 is 0 Å². The van der Waals surface area contributed by atoms with Gasteiger partial charge in [-0.25, -0.2) is 9.78 Å². The normalized spacial score (nSPS) is 25.6. The molecule has 2 aliphatic rings. The van der Waals surface area contributed by atoms with Crippen LogP contribution in [0.15, 0.2) is 22.9 Å². The van der Waals surface area contributed by atoms with Gasteiger partial charge in [0.25, 0.3) is 5.91 Å². The molecule has 2 fully saturated rings. The van der Waals surface area contributed by atoms with Gasteiger partial charge in [0, 0.05) is 11.4 Å². The zero-order valence-electron chi connectivity index (χ0n) is 14.0. The molecule has 2 aromatic rings. The molecule has 3 atom stereocenters. The SMILES string of the molecule is COC(=O)C1CC2CCCCC2N1C(=O)c1csc(-c2cccs2)n1. The van der Waals surface area contributed by atoms with Crippen molar-refractivity contribution in [3.8, 4) is 9.88 Å². The van der Waals surface area contributed by atoms with Gasteiger partial charge in [-0.1, -0.05) is 18.9 Å². The van der Waals surface area contributed by atoms with Crippen LogP contribution in [0.2, 0.25) is 0 Å². The van der Waals surface area contributed by atoms with Crippen LogP contribution in [0.3, 0.4) is 0 Å². The highest BCUT2D eigenvalue weighted by Gasteiger charge is 2.48. The van der Waals surface area contributed by atoms with E-state index in [-0.39, 0.29) is 17.9 Å². The number of hydrogen-bond acceptors (Lipinski definition) is 6. The van der Waals surface area contributed by atoms with Gasteiger partial charge in [-0.05, 0) is 36.6 Å². The van der Waals surface area contributed by atoms with Crippen LogP contribution in [-0.2, 0) is 9.53 Å². The van der Waals surface area contributed by atoms with E-state index in [1.54, 1.807) is 16.2 Å². The van der Waals surface area contributed by atoms with Crippen LogP contribution in [0.5, 0.6) is 0 Å². The number of likely N-dealkylation sites (tertiary alicyclic amines) is 1. The molecule has 1 aliphatic carbocycles. The maximum absolute atomic E-state index is 13.2. The molecule has 0 N–H and O–H groups in total. The van der Waals surface area contributed by atoms with E-state index < -0.39 is 6.04 Å². The number of ether oxygens (including phenoxy) is 1. The summed E-state index contributed by atoms with van der Waals surface area (Å²) in [7, 11) is 1.39. The van der Waals surface area contributed by atoms with Gasteiger partial charge in [-0.2, -0.15) is 0 Å². The Morgan fingerprint density at radius 1 is 1.28 bits per heavy atom. The molecule has 25 heavy (non-hydrogen) atoms. The fraction of sp³-hybridized carbons (Fsp3) is 0.500. The maximum Gasteiger partial charge on any atom is 0.328 e. The van der Waals surface area contributed by atoms with Crippen molar-refractivity contribution in [2.45, 2.75) is 44.2 Å². The first-order chi connectivity index (χ1) is 12.2. The van der Waals surface area contributed by atoms with Gasteiger partial charge >= 0.3 is 5.97 Å². The Labute approximate surface area is 154 Å². The van der Waals surface area contributed by atoms with E-state index in [0.29, 0.717) is 18.0 Å². The molecule has 0 aromatic carbocycles. The fourth-order valence-electron chi connectivity index (χ4n) is 4.12. The zero-order valence-corrected chi connectivity index (χ0v) is 15.6. The third kappa shape index (κ3) is 3.00. The van der Waals surface area contributed by atoms with Crippen molar-refractivity contribution in [2.75, 3.05) is 7.11 Å². The van der Waals surface area contributed by atoms with Gasteiger partial charge in [-0.15, -0.1) is 22.7 Å². The molecule has 3 unspecified atom stereocenters. The lowest BCUT2D eigenvalue weighted by atomic mass is 9.84. The number of methoxy groups -OCH3 is 1. The molecular formula is C18H20N2O3S2. The number of thiazole rings is 1. The standard InChI is InChI=1S/C18H20N2O3S2/c1-23-18(22)14-9-11-5-2-3-6-13(11)20(14)17(21)12-10-25-16(19-12)15-7-4-8-24-15/h4,7-8,10-11,13-14H,2-3,5-6,9H2,1H3. The molecule has 1 saturated carbocycles. The highest BCUT2D eigenvalue weighted by Crippen LogP contribution is 2.41. The number of fused-ring (bicyclic) bond motifs is 1. The number of aromatic nitrogens is 1. The maximum atomic E-state index is 13.2. The van der Waals surface area contributed by atoms with Crippen molar-refractivity contribution in [2.24, 2.45) is 5.92 Å². The zero-order chi connectivity index (χ0) is 17.4. The van der Waals surface area contributed by atoms with Crippen molar-refractivity contribution in [1.82, 2.24) is 9.88 Å². The lowest BCUT2D eigenvalue weighted by Gasteiger charge is -2.32. The van der Waals surface area contributed by atoms with Gasteiger partial charge < -0.3 is 9.64 Å². The van der Waals surface area contributed by atoms with Gasteiger partial charge in [0.05, 0.1) is 12.0 Å². The van der Waals surface area contributed by atoms with Crippen LogP contribution in [0, 0.1) is 5.92 Å². The quantitative estimate of drug-likeness (QED) is 0.764. The molecule has 2 aromatic heterocycles. The molecule has 1 amide bonds. The van der Waals surface area contributed by atoms with Crippen LogP contribution in [-0.4, -0.2) is 41.0 Å². The molecule has 0 spiro atoms. The molecular weight excluding hydrogens is 356 g/mol. The van der Waals surface area contributed by atoms with E-state index in [9.17, 15) is 9.59 Å². The summed E-state index contributed by atoms with van der Waals surface area (Å²) in [5.41, 5.74) is 0.438. The Bertz CT molecular complexity index is 771. The molecule has 4 rings (SSSR count). The summed E-state index contributed by atoms with van der Waals surface area (Å²) < 4.78 is 4.97. The number of rotatable bonds is 3. The minimum absolute atomic E-state index is 0.135. The molecule has 0 bridgehead atoms. The Balaban J connectivity index is 1.63. The predicted octanol–water partition coefficient (Wildman–Crippen LogP) is 3.82. The molecule has 5 nitrogen and oxygen atoms in total. The number of thiophene rings is 1. The van der Waals surface area contributed by atoms with Crippen LogP contribution in [0.4, 0.5) is 0 Å². The summed E-state index contributed by atoms with van der Waals surface area (Å²) in [6, 6.07) is 3.64. The molecule has 132 valence electrons. The second-order valence-electron chi connectivity index (χ2n) is 6.61. The number of carbonyl (C=O) groups excluding carboxylic acids is 2. The summed E-state index contributed by atoms with van der Waals surface area (Å²) in [5.74, 6) is -0.0440. The van der Waals surface area contributed by atoms with Gasteiger partial charge in [0.15, 0.2) is 0 Å². The molecule has 1 aliphatic heterocycles. The average Bonchev–Trinajstić information content (AvgIpc) is 3.38. The minimum atomic E-state index is -0.475. The topological polar surface area (TPSA) is 59.5 Å². The van der Waals surface area contributed by atoms with E-state index in [4.69, 9.17) is 4.74 Å². The minimum Gasteiger partial charge on any atom is -0.467 e. The van der Waals surface area contributed by atoms with Crippen LogP contribution >= 0.6 is 22.7 Å². The van der Waals surface area contributed by atoms with Gasteiger partial charge in [-0.3, -0.25) is 4.79 Å².